The molecule has 51 valence electrons. The van der Waals surface area contributed by atoms with E-state index in [9.17, 15) is 4.79 Å². The van der Waals surface area contributed by atoms with E-state index in [0.29, 0.717) is 0 Å². The van der Waals surface area contributed by atoms with E-state index in [1.807, 2.05) is 6.92 Å². The Hall–Kier alpha value is -0.505. The van der Waals surface area contributed by atoms with Crippen LogP contribution in [0.4, 0.5) is 4.79 Å². The molecule has 0 spiro atoms. The van der Waals surface area contributed by atoms with Crippen molar-refractivity contribution in [3.63, 3.8) is 0 Å². The topological polar surface area (TPSA) is 40.5 Å². The predicted molar refractivity (Wildman–Crippen MR) is 36.7 cm³/mol. The number of carbonyl (C=O) groups is 1. The van der Waals surface area contributed by atoms with E-state index in [4.69, 9.17) is 5.11 Å². The summed E-state index contributed by atoms with van der Waals surface area (Å²) >= 11 is 0. The number of hydrogen-bond donors (Lipinski definition) is 1. The SMILES string of the molecule is CCCN(C)[B]C(=O)O. The van der Waals surface area contributed by atoms with Gasteiger partial charge in [0.1, 0.15) is 0 Å². The standard InChI is InChI=1S/C5H11BNO2/c1-3-4-7(2)6-5(8)9/h3-4H2,1-2H3,(H,8,9). The second kappa shape index (κ2) is 4.38. The lowest BCUT2D eigenvalue weighted by atomic mass is 9.93. The molecule has 1 N–H and O–H groups in total. The zero-order valence-corrected chi connectivity index (χ0v) is 5.79. The average Bonchev–Trinajstić information content (AvgIpc) is 1.63. The van der Waals surface area contributed by atoms with Crippen LogP contribution in [-0.4, -0.2) is 36.8 Å². The predicted octanol–water partition coefficient (Wildman–Crippen LogP) is 0.625. The smallest absolute Gasteiger partial charge is 0.356 e. The summed E-state index contributed by atoms with van der Waals surface area (Å²) in [6.07, 6.45) is 0.972. The largest absolute Gasteiger partial charge is 0.488 e. The van der Waals surface area contributed by atoms with Crippen molar-refractivity contribution in [2.24, 2.45) is 0 Å². The van der Waals surface area contributed by atoms with Crippen molar-refractivity contribution in [1.29, 1.82) is 0 Å². The summed E-state index contributed by atoms with van der Waals surface area (Å²) in [6, 6.07) is 0. The van der Waals surface area contributed by atoms with Crippen molar-refractivity contribution < 1.29 is 9.90 Å². The van der Waals surface area contributed by atoms with Crippen molar-refractivity contribution >= 4 is 13.3 Å². The van der Waals surface area contributed by atoms with Gasteiger partial charge in [0.25, 0.3) is 5.87 Å². The maximum absolute atomic E-state index is 9.99. The minimum atomic E-state index is -0.883. The average molecular weight is 128 g/mol. The summed E-state index contributed by atoms with van der Waals surface area (Å²) in [5.74, 6) is -0.883. The van der Waals surface area contributed by atoms with Gasteiger partial charge in [-0.1, -0.05) is 6.92 Å². The summed E-state index contributed by atoms with van der Waals surface area (Å²) in [5.41, 5.74) is 0. The molecule has 0 aliphatic heterocycles. The third-order valence-electron chi connectivity index (χ3n) is 0.907. The molecule has 0 bridgehead atoms. The molecule has 0 atom stereocenters. The van der Waals surface area contributed by atoms with Gasteiger partial charge in [-0.3, -0.25) is 4.79 Å². The van der Waals surface area contributed by atoms with Crippen molar-refractivity contribution in [2.75, 3.05) is 13.6 Å². The first-order valence-corrected chi connectivity index (χ1v) is 2.95. The lowest BCUT2D eigenvalue weighted by Crippen LogP contribution is -2.29. The van der Waals surface area contributed by atoms with E-state index in [1.165, 1.54) is 7.41 Å². The highest BCUT2D eigenvalue weighted by atomic mass is 16.4. The molecule has 0 aromatic carbocycles. The fourth-order valence-electron chi connectivity index (χ4n) is 0.606. The molecule has 0 aromatic heterocycles. The number of carboxylic acid groups (broad SMARTS) is 1. The number of hydrogen-bond acceptors (Lipinski definition) is 2. The Morgan fingerprint density at radius 1 is 1.78 bits per heavy atom. The van der Waals surface area contributed by atoms with Gasteiger partial charge < -0.3 is 9.92 Å². The summed E-state index contributed by atoms with van der Waals surface area (Å²) in [4.78, 5) is 11.6. The second-order valence-electron chi connectivity index (χ2n) is 1.95. The molecular formula is C5H11BNO2. The minimum Gasteiger partial charge on any atom is -0.488 e. The van der Waals surface area contributed by atoms with Crippen LogP contribution in [0, 0.1) is 0 Å². The van der Waals surface area contributed by atoms with Crippen LogP contribution in [0.2, 0.25) is 0 Å². The summed E-state index contributed by atoms with van der Waals surface area (Å²) in [5, 5.41) is 8.21. The molecule has 9 heavy (non-hydrogen) atoms. The van der Waals surface area contributed by atoms with Crippen LogP contribution in [0.3, 0.4) is 0 Å². The van der Waals surface area contributed by atoms with Crippen LogP contribution in [0.25, 0.3) is 0 Å². The van der Waals surface area contributed by atoms with Gasteiger partial charge in [0.15, 0.2) is 0 Å². The monoisotopic (exact) mass is 128 g/mol. The van der Waals surface area contributed by atoms with E-state index in [2.05, 4.69) is 0 Å². The van der Waals surface area contributed by atoms with E-state index in [-0.39, 0.29) is 0 Å². The van der Waals surface area contributed by atoms with Gasteiger partial charge in [-0.15, -0.1) is 0 Å². The van der Waals surface area contributed by atoms with Crippen molar-refractivity contribution in [2.45, 2.75) is 13.3 Å². The first-order chi connectivity index (χ1) is 4.16. The fraction of sp³-hybridized carbons (Fsp3) is 0.800. The molecule has 0 fully saturated rings. The van der Waals surface area contributed by atoms with Crippen LogP contribution < -0.4 is 0 Å². The Morgan fingerprint density at radius 2 is 2.33 bits per heavy atom. The molecule has 0 aliphatic rings. The van der Waals surface area contributed by atoms with Gasteiger partial charge in [0, 0.05) is 0 Å². The normalized spacial score (nSPS) is 9.67. The molecule has 3 nitrogen and oxygen atoms in total. The Bertz CT molecular complexity index is 97.0. The fourth-order valence-corrected chi connectivity index (χ4v) is 0.606. The molecule has 0 aliphatic carbocycles. The third-order valence-corrected chi connectivity index (χ3v) is 0.907. The molecule has 0 aromatic rings. The van der Waals surface area contributed by atoms with E-state index in [1.54, 1.807) is 11.9 Å². The second-order valence-corrected chi connectivity index (χ2v) is 1.95. The number of rotatable bonds is 4. The van der Waals surface area contributed by atoms with Crippen molar-refractivity contribution in [3.05, 3.63) is 0 Å². The minimum absolute atomic E-state index is 0.798. The maximum Gasteiger partial charge on any atom is 0.356 e. The molecule has 0 heterocycles. The van der Waals surface area contributed by atoms with Gasteiger partial charge in [-0.2, -0.15) is 0 Å². The van der Waals surface area contributed by atoms with Crippen LogP contribution in [-0.2, 0) is 0 Å². The molecule has 1 radical (unpaired) electrons. The van der Waals surface area contributed by atoms with Gasteiger partial charge in [-0.05, 0) is 20.0 Å². The summed E-state index contributed by atoms with van der Waals surface area (Å²) < 4.78 is 0. The first kappa shape index (κ1) is 8.49. The van der Waals surface area contributed by atoms with Crippen LogP contribution >= 0.6 is 0 Å². The maximum atomic E-state index is 9.99. The Kier molecular flexibility index (Phi) is 4.14. The lowest BCUT2D eigenvalue weighted by Gasteiger charge is -2.09. The van der Waals surface area contributed by atoms with Crippen LogP contribution in [0.5, 0.6) is 0 Å². The van der Waals surface area contributed by atoms with Gasteiger partial charge in [0.2, 0.25) is 0 Å². The highest BCUT2D eigenvalue weighted by molar-refractivity contribution is 6.69. The van der Waals surface area contributed by atoms with Gasteiger partial charge >= 0.3 is 7.41 Å². The van der Waals surface area contributed by atoms with Crippen LogP contribution in [0.15, 0.2) is 0 Å². The zero-order chi connectivity index (χ0) is 7.28. The van der Waals surface area contributed by atoms with E-state index < -0.39 is 5.87 Å². The van der Waals surface area contributed by atoms with Gasteiger partial charge in [0.05, 0.1) is 0 Å². The van der Waals surface area contributed by atoms with Crippen molar-refractivity contribution in [3.8, 4) is 0 Å². The number of nitrogens with zero attached hydrogens (tertiary/aromatic N) is 1. The zero-order valence-electron chi connectivity index (χ0n) is 5.79. The molecule has 0 rings (SSSR count). The summed E-state index contributed by atoms with van der Waals surface area (Å²) in [6.45, 7) is 2.80. The third kappa shape index (κ3) is 5.36. The van der Waals surface area contributed by atoms with Gasteiger partial charge in [-0.25, -0.2) is 0 Å². The molecule has 0 amide bonds. The van der Waals surface area contributed by atoms with Crippen LogP contribution in [0.1, 0.15) is 13.3 Å². The molecule has 4 heteroatoms. The van der Waals surface area contributed by atoms with Crippen molar-refractivity contribution in [1.82, 2.24) is 4.81 Å². The molecular weight excluding hydrogens is 117 g/mol. The Morgan fingerprint density at radius 3 is 2.67 bits per heavy atom. The van der Waals surface area contributed by atoms with E-state index >= 15 is 0 Å². The Labute approximate surface area is 55.9 Å². The molecule has 0 saturated carbocycles. The molecule has 0 saturated heterocycles. The molecule has 0 unspecified atom stereocenters. The first-order valence-electron chi connectivity index (χ1n) is 2.95. The highest BCUT2D eigenvalue weighted by Crippen LogP contribution is 1.82. The Balaban J connectivity index is 3.26. The lowest BCUT2D eigenvalue weighted by molar-refractivity contribution is 0.217. The summed E-state index contributed by atoms with van der Waals surface area (Å²) in [7, 11) is 2.92. The highest BCUT2D eigenvalue weighted by Gasteiger charge is 2.05. The quantitative estimate of drug-likeness (QED) is 0.564. The van der Waals surface area contributed by atoms with E-state index in [0.717, 1.165) is 13.0 Å².